The zero-order chi connectivity index (χ0) is 14.8. The van der Waals surface area contributed by atoms with Gasteiger partial charge >= 0.3 is 0 Å². The van der Waals surface area contributed by atoms with Crippen LogP contribution in [0.25, 0.3) is 5.82 Å². The highest BCUT2D eigenvalue weighted by Gasteiger charge is 2.10. The van der Waals surface area contributed by atoms with Crippen LogP contribution < -0.4 is 5.32 Å². The summed E-state index contributed by atoms with van der Waals surface area (Å²) in [5, 5.41) is 9.46. The second-order valence-electron chi connectivity index (χ2n) is 4.54. The molecule has 0 aliphatic carbocycles. The molecule has 3 aromatic heterocycles. The highest BCUT2D eigenvalue weighted by Crippen LogP contribution is 2.13. The van der Waals surface area contributed by atoms with Gasteiger partial charge in [0.15, 0.2) is 10.9 Å². The fourth-order valence-corrected chi connectivity index (χ4v) is 2.48. The summed E-state index contributed by atoms with van der Waals surface area (Å²) in [6, 6.07) is 5.47. The Kier molecular flexibility index (Phi) is 3.49. The summed E-state index contributed by atoms with van der Waals surface area (Å²) < 4.78 is 1.75. The van der Waals surface area contributed by atoms with Crippen LogP contribution in [0.15, 0.2) is 36.0 Å². The molecule has 0 bridgehead atoms. The number of pyridine rings is 1. The van der Waals surface area contributed by atoms with E-state index in [1.807, 2.05) is 19.9 Å². The number of hydrogen-bond acceptors (Lipinski definition) is 5. The molecule has 0 aromatic carbocycles. The number of amides is 1. The number of thiazole rings is 1. The molecule has 3 heterocycles. The van der Waals surface area contributed by atoms with Crippen LogP contribution in [-0.2, 0) is 0 Å². The molecule has 0 aliphatic rings. The van der Waals surface area contributed by atoms with Crippen LogP contribution in [0.3, 0.4) is 0 Å². The maximum atomic E-state index is 12.0. The number of aryl methyl sites for hydroxylation is 2. The van der Waals surface area contributed by atoms with E-state index in [0.717, 1.165) is 11.4 Å². The Balaban J connectivity index is 1.81. The third-order valence-electron chi connectivity index (χ3n) is 2.89. The van der Waals surface area contributed by atoms with Gasteiger partial charge in [-0.25, -0.2) is 14.6 Å². The number of rotatable bonds is 3. The third kappa shape index (κ3) is 2.82. The van der Waals surface area contributed by atoms with Crippen molar-refractivity contribution < 1.29 is 4.79 Å². The summed E-state index contributed by atoms with van der Waals surface area (Å²) in [6.07, 6.45) is 3.18. The SMILES string of the molecule is Cc1cc(C)n(-c2ccc(C(=O)Nc3nccs3)cn2)n1. The van der Waals surface area contributed by atoms with Crippen LogP contribution in [0.4, 0.5) is 5.13 Å². The molecule has 0 unspecified atom stereocenters. The van der Waals surface area contributed by atoms with Crippen LogP contribution in [0.1, 0.15) is 21.7 Å². The number of aromatic nitrogens is 4. The van der Waals surface area contributed by atoms with E-state index in [0.29, 0.717) is 16.5 Å². The molecule has 0 saturated carbocycles. The summed E-state index contributed by atoms with van der Waals surface area (Å²) in [4.78, 5) is 20.3. The van der Waals surface area contributed by atoms with E-state index >= 15 is 0 Å². The average molecular weight is 299 g/mol. The zero-order valence-electron chi connectivity index (χ0n) is 11.6. The first kappa shape index (κ1) is 13.4. The highest BCUT2D eigenvalue weighted by molar-refractivity contribution is 7.13. The van der Waals surface area contributed by atoms with E-state index < -0.39 is 0 Å². The molecule has 0 radical (unpaired) electrons. The van der Waals surface area contributed by atoms with Gasteiger partial charge in [-0.15, -0.1) is 11.3 Å². The normalized spacial score (nSPS) is 10.6. The molecule has 0 fully saturated rings. The van der Waals surface area contributed by atoms with Crippen molar-refractivity contribution in [1.29, 1.82) is 0 Å². The average Bonchev–Trinajstić information content (AvgIpc) is 3.08. The lowest BCUT2D eigenvalue weighted by atomic mass is 10.2. The summed E-state index contributed by atoms with van der Waals surface area (Å²) in [5.41, 5.74) is 2.41. The lowest BCUT2D eigenvalue weighted by Gasteiger charge is -2.05. The maximum Gasteiger partial charge on any atom is 0.259 e. The van der Waals surface area contributed by atoms with Crippen molar-refractivity contribution in [2.45, 2.75) is 13.8 Å². The summed E-state index contributed by atoms with van der Waals surface area (Å²) >= 11 is 1.37. The van der Waals surface area contributed by atoms with Crippen molar-refractivity contribution in [2.75, 3.05) is 5.32 Å². The van der Waals surface area contributed by atoms with Gasteiger partial charge in [0.1, 0.15) is 0 Å². The lowest BCUT2D eigenvalue weighted by Crippen LogP contribution is -2.12. The van der Waals surface area contributed by atoms with Crippen molar-refractivity contribution in [3.05, 3.63) is 52.9 Å². The molecule has 3 rings (SSSR count). The predicted molar refractivity (Wildman–Crippen MR) is 80.9 cm³/mol. The number of nitrogens with one attached hydrogen (secondary N) is 1. The van der Waals surface area contributed by atoms with Gasteiger partial charge in [0.25, 0.3) is 5.91 Å². The van der Waals surface area contributed by atoms with E-state index in [1.54, 1.807) is 28.4 Å². The first-order chi connectivity index (χ1) is 10.1. The van der Waals surface area contributed by atoms with Gasteiger partial charge in [0.2, 0.25) is 0 Å². The molecular formula is C14H13N5OS. The smallest absolute Gasteiger partial charge is 0.259 e. The van der Waals surface area contributed by atoms with Crippen molar-refractivity contribution in [1.82, 2.24) is 19.7 Å². The first-order valence-corrected chi connectivity index (χ1v) is 7.22. The summed E-state index contributed by atoms with van der Waals surface area (Å²) in [5.74, 6) is 0.462. The fraction of sp³-hybridized carbons (Fsp3) is 0.143. The van der Waals surface area contributed by atoms with Gasteiger partial charge < -0.3 is 0 Å². The van der Waals surface area contributed by atoms with Crippen molar-refractivity contribution in [3.8, 4) is 5.82 Å². The largest absolute Gasteiger partial charge is 0.298 e. The second-order valence-corrected chi connectivity index (χ2v) is 5.43. The first-order valence-electron chi connectivity index (χ1n) is 6.34. The Morgan fingerprint density at radius 2 is 2.14 bits per heavy atom. The predicted octanol–water partition coefficient (Wildman–Crippen LogP) is 2.59. The number of hydrogen-bond donors (Lipinski definition) is 1. The van der Waals surface area contributed by atoms with Crippen LogP contribution >= 0.6 is 11.3 Å². The fourth-order valence-electron chi connectivity index (χ4n) is 1.96. The van der Waals surface area contributed by atoms with Crippen LogP contribution in [0.2, 0.25) is 0 Å². The third-order valence-corrected chi connectivity index (χ3v) is 3.58. The van der Waals surface area contributed by atoms with Crippen LogP contribution in [0, 0.1) is 13.8 Å². The van der Waals surface area contributed by atoms with Gasteiger partial charge in [-0.1, -0.05) is 0 Å². The minimum absolute atomic E-state index is 0.225. The van der Waals surface area contributed by atoms with Gasteiger partial charge in [-0.05, 0) is 32.0 Å². The topological polar surface area (TPSA) is 72.7 Å². The zero-order valence-corrected chi connectivity index (χ0v) is 12.4. The molecule has 0 aliphatic heterocycles. The minimum atomic E-state index is -0.225. The Bertz CT molecular complexity index is 761. The van der Waals surface area contributed by atoms with Crippen molar-refractivity contribution in [3.63, 3.8) is 0 Å². The lowest BCUT2D eigenvalue weighted by molar-refractivity contribution is 0.102. The van der Waals surface area contributed by atoms with Gasteiger partial charge in [-0.3, -0.25) is 10.1 Å². The molecule has 0 spiro atoms. The van der Waals surface area contributed by atoms with Gasteiger partial charge in [-0.2, -0.15) is 5.10 Å². The van der Waals surface area contributed by atoms with E-state index in [-0.39, 0.29) is 5.91 Å². The number of carbonyl (C=O) groups is 1. The molecule has 106 valence electrons. The maximum absolute atomic E-state index is 12.0. The Morgan fingerprint density at radius 1 is 1.29 bits per heavy atom. The standard InChI is InChI=1S/C14H13N5OS/c1-9-7-10(2)19(18-9)12-4-3-11(8-16-12)13(20)17-14-15-5-6-21-14/h3-8H,1-2H3,(H,15,17,20). The monoisotopic (exact) mass is 299 g/mol. The molecule has 1 amide bonds. The second kappa shape index (κ2) is 5.45. The van der Waals surface area contributed by atoms with Crippen molar-refractivity contribution in [2.24, 2.45) is 0 Å². The molecule has 7 heteroatoms. The molecule has 0 saturated heterocycles. The number of nitrogens with zero attached hydrogens (tertiary/aromatic N) is 4. The van der Waals surface area contributed by atoms with E-state index in [9.17, 15) is 4.79 Å². The summed E-state index contributed by atoms with van der Waals surface area (Å²) in [6.45, 7) is 3.89. The molecule has 3 aromatic rings. The van der Waals surface area contributed by atoms with Crippen LogP contribution in [0.5, 0.6) is 0 Å². The van der Waals surface area contributed by atoms with E-state index in [1.165, 1.54) is 17.5 Å². The van der Waals surface area contributed by atoms with Crippen molar-refractivity contribution >= 4 is 22.4 Å². The quantitative estimate of drug-likeness (QED) is 0.807. The molecule has 0 atom stereocenters. The molecule has 1 N–H and O–H groups in total. The summed E-state index contributed by atoms with van der Waals surface area (Å²) in [7, 11) is 0. The molecule has 6 nitrogen and oxygen atoms in total. The Morgan fingerprint density at radius 3 is 2.71 bits per heavy atom. The van der Waals surface area contributed by atoms with Crippen LogP contribution in [-0.4, -0.2) is 25.7 Å². The number of anilines is 1. The highest BCUT2D eigenvalue weighted by atomic mass is 32.1. The Hall–Kier alpha value is -2.54. The van der Waals surface area contributed by atoms with Gasteiger partial charge in [0, 0.05) is 23.5 Å². The Labute approximate surface area is 125 Å². The molecular weight excluding hydrogens is 286 g/mol. The van der Waals surface area contributed by atoms with E-state index in [4.69, 9.17) is 0 Å². The van der Waals surface area contributed by atoms with Gasteiger partial charge in [0.05, 0.1) is 11.3 Å². The van der Waals surface area contributed by atoms with E-state index in [2.05, 4.69) is 20.4 Å². The number of carbonyl (C=O) groups excluding carboxylic acids is 1. The minimum Gasteiger partial charge on any atom is -0.298 e. The molecule has 21 heavy (non-hydrogen) atoms.